The maximum absolute atomic E-state index is 11.4. The highest BCUT2D eigenvalue weighted by molar-refractivity contribution is 5.94. The van der Waals surface area contributed by atoms with Gasteiger partial charge in [0.15, 0.2) is 11.5 Å². The van der Waals surface area contributed by atoms with Crippen molar-refractivity contribution in [3.63, 3.8) is 0 Å². The van der Waals surface area contributed by atoms with E-state index in [0.717, 1.165) is 5.56 Å². The van der Waals surface area contributed by atoms with Crippen LogP contribution in [-0.2, 0) is 0 Å². The van der Waals surface area contributed by atoms with E-state index in [4.69, 9.17) is 14.7 Å². The molecule has 0 saturated heterocycles. The Kier molecular flexibility index (Phi) is 3.20. The summed E-state index contributed by atoms with van der Waals surface area (Å²) in [6.45, 7) is 0.729. The molecule has 0 unspecified atom stereocenters. The summed E-state index contributed by atoms with van der Waals surface area (Å²) in [5.41, 5.74) is 2.15. The first-order valence-corrected chi connectivity index (χ1v) is 6.36. The van der Waals surface area contributed by atoms with E-state index in [2.05, 4.69) is 0 Å². The maximum Gasteiger partial charge on any atom is 0.339 e. The Morgan fingerprint density at radius 3 is 2.48 bits per heavy atom. The van der Waals surface area contributed by atoms with Crippen molar-refractivity contribution in [2.24, 2.45) is 0 Å². The molecule has 0 fully saturated rings. The fourth-order valence-corrected chi connectivity index (χ4v) is 2.22. The summed E-state index contributed by atoms with van der Waals surface area (Å²) >= 11 is 0. The van der Waals surface area contributed by atoms with Crippen molar-refractivity contribution in [2.45, 2.75) is 0 Å². The molecule has 1 N–H and O–H groups in total. The summed E-state index contributed by atoms with van der Waals surface area (Å²) in [5, 5.41) is 18.1. The number of carbonyl (C=O) groups is 1. The van der Waals surface area contributed by atoms with Gasteiger partial charge in [-0.3, -0.25) is 0 Å². The SMILES string of the molecule is N#Cc1ccc(-c2cc3c(c(C(=O)O)c2)OCCO3)cc1. The van der Waals surface area contributed by atoms with E-state index in [1.807, 2.05) is 6.07 Å². The molecule has 1 aliphatic heterocycles. The van der Waals surface area contributed by atoms with Gasteiger partial charge >= 0.3 is 5.97 Å². The van der Waals surface area contributed by atoms with Crippen molar-refractivity contribution >= 4 is 5.97 Å². The second-order valence-electron chi connectivity index (χ2n) is 4.54. The minimum Gasteiger partial charge on any atom is -0.486 e. The van der Waals surface area contributed by atoms with Crippen LogP contribution in [0.4, 0.5) is 0 Å². The quantitative estimate of drug-likeness (QED) is 0.915. The standard InChI is InChI=1S/C16H11NO4/c17-9-10-1-3-11(4-2-10)12-7-13(16(18)19)15-14(8-12)20-5-6-21-15/h1-4,7-8H,5-6H2,(H,18,19). The lowest BCUT2D eigenvalue weighted by Crippen LogP contribution is -2.18. The van der Waals surface area contributed by atoms with Crippen molar-refractivity contribution in [3.05, 3.63) is 47.5 Å². The zero-order valence-electron chi connectivity index (χ0n) is 11.0. The molecule has 5 heteroatoms. The van der Waals surface area contributed by atoms with Gasteiger partial charge in [0.05, 0.1) is 11.6 Å². The second kappa shape index (κ2) is 5.17. The lowest BCUT2D eigenvalue weighted by atomic mass is 10.0. The molecular weight excluding hydrogens is 270 g/mol. The fraction of sp³-hybridized carbons (Fsp3) is 0.125. The molecule has 0 aliphatic carbocycles. The molecule has 0 spiro atoms. The molecule has 0 saturated carbocycles. The van der Waals surface area contributed by atoms with Gasteiger partial charge in [-0.1, -0.05) is 12.1 Å². The average molecular weight is 281 g/mol. The number of ether oxygens (including phenoxy) is 2. The summed E-state index contributed by atoms with van der Waals surface area (Å²) in [7, 11) is 0. The van der Waals surface area contributed by atoms with Crippen LogP contribution in [0, 0.1) is 11.3 Å². The lowest BCUT2D eigenvalue weighted by Gasteiger charge is -2.21. The predicted molar refractivity (Wildman–Crippen MR) is 74.5 cm³/mol. The predicted octanol–water partition coefficient (Wildman–Crippen LogP) is 2.69. The van der Waals surface area contributed by atoms with E-state index < -0.39 is 5.97 Å². The van der Waals surface area contributed by atoms with Gasteiger partial charge in [-0.25, -0.2) is 4.79 Å². The minimum absolute atomic E-state index is 0.0755. The van der Waals surface area contributed by atoms with Gasteiger partial charge in [-0.15, -0.1) is 0 Å². The molecule has 0 aromatic heterocycles. The molecule has 0 radical (unpaired) electrons. The minimum atomic E-state index is -1.06. The summed E-state index contributed by atoms with van der Waals surface area (Å²) in [6, 6.07) is 12.3. The Bertz CT molecular complexity index is 744. The van der Waals surface area contributed by atoms with Gasteiger partial charge in [0.2, 0.25) is 0 Å². The van der Waals surface area contributed by atoms with Gasteiger partial charge in [0.1, 0.15) is 18.8 Å². The van der Waals surface area contributed by atoms with Crippen molar-refractivity contribution in [1.82, 2.24) is 0 Å². The highest BCUT2D eigenvalue weighted by Gasteiger charge is 2.22. The highest BCUT2D eigenvalue weighted by Crippen LogP contribution is 2.38. The van der Waals surface area contributed by atoms with E-state index in [0.29, 0.717) is 30.1 Å². The Labute approximate surface area is 121 Å². The van der Waals surface area contributed by atoms with E-state index >= 15 is 0 Å². The van der Waals surface area contributed by atoms with E-state index in [-0.39, 0.29) is 11.3 Å². The van der Waals surface area contributed by atoms with E-state index in [1.54, 1.807) is 36.4 Å². The van der Waals surface area contributed by atoms with Gasteiger partial charge in [-0.05, 0) is 35.4 Å². The molecule has 104 valence electrons. The monoisotopic (exact) mass is 281 g/mol. The van der Waals surface area contributed by atoms with Crippen molar-refractivity contribution < 1.29 is 19.4 Å². The first-order chi connectivity index (χ1) is 10.2. The van der Waals surface area contributed by atoms with Crippen molar-refractivity contribution in [1.29, 1.82) is 5.26 Å². The second-order valence-corrected chi connectivity index (χ2v) is 4.54. The van der Waals surface area contributed by atoms with E-state index in [1.165, 1.54) is 0 Å². The normalized spacial score (nSPS) is 12.5. The third kappa shape index (κ3) is 2.39. The van der Waals surface area contributed by atoms with Gasteiger partial charge in [0.25, 0.3) is 0 Å². The number of nitrogens with zero attached hydrogens (tertiary/aromatic N) is 1. The fourth-order valence-electron chi connectivity index (χ4n) is 2.22. The number of carboxylic acid groups (broad SMARTS) is 1. The number of hydrogen-bond donors (Lipinski definition) is 1. The molecule has 21 heavy (non-hydrogen) atoms. The number of rotatable bonds is 2. The summed E-state index contributed by atoms with van der Waals surface area (Å²) < 4.78 is 10.9. The number of nitriles is 1. The van der Waals surface area contributed by atoms with Crippen LogP contribution in [0.25, 0.3) is 11.1 Å². The lowest BCUT2D eigenvalue weighted by molar-refractivity contribution is 0.0686. The largest absolute Gasteiger partial charge is 0.486 e. The van der Waals surface area contributed by atoms with Crippen LogP contribution in [0.1, 0.15) is 15.9 Å². The Morgan fingerprint density at radius 1 is 1.10 bits per heavy atom. The van der Waals surface area contributed by atoms with Crippen LogP contribution in [0.2, 0.25) is 0 Å². The Hall–Kier alpha value is -3.00. The summed E-state index contributed by atoms with van der Waals surface area (Å²) in [6.07, 6.45) is 0. The Balaban J connectivity index is 2.12. The molecule has 1 heterocycles. The first-order valence-electron chi connectivity index (χ1n) is 6.36. The molecule has 2 aromatic carbocycles. The third-order valence-corrected chi connectivity index (χ3v) is 3.22. The highest BCUT2D eigenvalue weighted by atomic mass is 16.6. The number of carboxylic acids is 1. The number of aromatic carboxylic acids is 1. The van der Waals surface area contributed by atoms with Crippen LogP contribution < -0.4 is 9.47 Å². The van der Waals surface area contributed by atoms with Crippen LogP contribution in [0.15, 0.2) is 36.4 Å². The molecular formula is C16H11NO4. The molecule has 3 rings (SSSR count). The zero-order valence-corrected chi connectivity index (χ0v) is 11.0. The van der Waals surface area contributed by atoms with Crippen LogP contribution in [-0.4, -0.2) is 24.3 Å². The maximum atomic E-state index is 11.4. The van der Waals surface area contributed by atoms with Gasteiger partial charge in [-0.2, -0.15) is 5.26 Å². The summed E-state index contributed by atoms with van der Waals surface area (Å²) in [4.78, 5) is 11.4. The van der Waals surface area contributed by atoms with Gasteiger partial charge in [0, 0.05) is 0 Å². The topological polar surface area (TPSA) is 79.6 Å². The molecule has 2 aromatic rings. The first kappa shape index (κ1) is 13.0. The average Bonchev–Trinajstić information content (AvgIpc) is 2.53. The molecule has 1 aliphatic rings. The van der Waals surface area contributed by atoms with Crippen molar-refractivity contribution in [2.75, 3.05) is 13.2 Å². The Morgan fingerprint density at radius 2 is 1.81 bits per heavy atom. The molecule has 0 atom stereocenters. The third-order valence-electron chi connectivity index (χ3n) is 3.22. The molecule has 0 bridgehead atoms. The number of hydrogen-bond acceptors (Lipinski definition) is 4. The molecule has 0 amide bonds. The van der Waals surface area contributed by atoms with E-state index in [9.17, 15) is 9.90 Å². The zero-order chi connectivity index (χ0) is 14.8. The summed E-state index contributed by atoms with van der Waals surface area (Å²) in [5.74, 6) is -0.362. The van der Waals surface area contributed by atoms with Gasteiger partial charge < -0.3 is 14.6 Å². The van der Waals surface area contributed by atoms with Crippen LogP contribution in [0.5, 0.6) is 11.5 Å². The number of benzene rings is 2. The van der Waals surface area contributed by atoms with Crippen LogP contribution >= 0.6 is 0 Å². The molecule has 5 nitrogen and oxygen atoms in total. The van der Waals surface area contributed by atoms with Crippen molar-refractivity contribution in [3.8, 4) is 28.7 Å². The van der Waals surface area contributed by atoms with Crippen LogP contribution in [0.3, 0.4) is 0 Å². The number of fused-ring (bicyclic) bond motifs is 1. The smallest absolute Gasteiger partial charge is 0.339 e.